The van der Waals surface area contributed by atoms with Crippen LogP contribution in [0.5, 0.6) is 5.75 Å². The van der Waals surface area contributed by atoms with E-state index in [1.807, 2.05) is 4.90 Å². The van der Waals surface area contributed by atoms with Gasteiger partial charge in [-0.3, -0.25) is 0 Å². The molecule has 1 aliphatic heterocycles. The van der Waals surface area contributed by atoms with Crippen LogP contribution in [0.4, 0.5) is 24.5 Å². The van der Waals surface area contributed by atoms with Crippen LogP contribution in [0.1, 0.15) is 0 Å². The lowest BCUT2D eigenvalue weighted by molar-refractivity contribution is -0.0498. The number of hydrogen-bond acceptors (Lipinski definition) is 3. The maximum Gasteiger partial charge on any atom is 0.387 e. The van der Waals surface area contributed by atoms with Crippen molar-refractivity contribution in [1.29, 1.82) is 0 Å². The van der Waals surface area contributed by atoms with Crippen LogP contribution >= 0.6 is 12.2 Å². The van der Waals surface area contributed by atoms with Gasteiger partial charge in [0.1, 0.15) is 11.6 Å². The molecule has 0 aromatic heterocycles. The van der Waals surface area contributed by atoms with Gasteiger partial charge in [0.05, 0.1) is 0 Å². The van der Waals surface area contributed by atoms with Crippen molar-refractivity contribution in [1.82, 2.24) is 4.90 Å². The Balaban J connectivity index is 1.51. The maximum atomic E-state index is 13.0. The predicted molar refractivity (Wildman–Crippen MR) is 99.5 cm³/mol. The molecule has 0 saturated carbocycles. The van der Waals surface area contributed by atoms with E-state index < -0.39 is 6.61 Å². The molecule has 0 atom stereocenters. The minimum atomic E-state index is -2.84. The van der Waals surface area contributed by atoms with Crippen LogP contribution in [0.15, 0.2) is 48.5 Å². The van der Waals surface area contributed by atoms with Crippen LogP contribution in [-0.4, -0.2) is 42.8 Å². The Hall–Kier alpha value is -2.48. The number of piperazine rings is 1. The number of nitrogens with zero attached hydrogens (tertiary/aromatic N) is 2. The average Bonchev–Trinajstić information content (AvgIpc) is 2.64. The van der Waals surface area contributed by atoms with Crippen molar-refractivity contribution in [2.24, 2.45) is 0 Å². The molecule has 1 fully saturated rings. The number of anilines is 2. The van der Waals surface area contributed by atoms with Gasteiger partial charge in [-0.1, -0.05) is 0 Å². The summed E-state index contributed by atoms with van der Waals surface area (Å²) >= 11 is 5.43. The first-order valence-corrected chi connectivity index (χ1v) is 8.53. The van der Waals surface area contributed by atoms with E-state index in [2.05, 4.69) is 15.0 Å². The molecule has 26 heavy (non-hydrogen) atoms. The van der Waals surface area contributed by atoms with Gasteiger partial charge in [0.15, 0.2) is 5.11 Å². The van der Waals surface area contributed by atoms with E-state index in [9.17, 15) is 13.2 Å². The molecule has 1 aliphatic rings. The van der Waals surface area contributed by atoms with Gasteiger partial charge in [0.25, 0.3) is 0 Å². The zero-order valence-corrected chi connectivity index (χ0v) is 14.7. The van der Waals surface area contributed by atoms with E-state index in [1.54, 1.807) is 24.3 Å². The van der Waals surface area contributed by atoms with Crippen molar-refractivity contribution in [3.63, 3.8) is 0 Å². The number of ether oxygens (including phenoxy) is 1. The van der Waals surface area contributed by atoms with Gasteiger partial charge in [0, 0.05) is 37.6 Å². The third-order valence-corrected chi connectivity index (χ3v) is 4.45. The van der Waals surface area contributed by atoms with Gasteiger partial charge >= 0.3 is 6.61 Å². The minimum absolute atomic E-state index is 0.101. The van der Waals surface area contributed by atoms with Gasteiger partial charge in [-0.2, -0.15) is 8.78 Å². The minimum Gasteiger partial charge on any atom is -0.435 e. The fraction of sp³-hybridized carbons (Fsp3) is 0.278. The molecule has 2 aromatic rings. The monoisotopic (exact) mass is 381 g/mol. The highest BCUT2D eigenvalue weighted by molar-refractivity contribution is 7.80. The molecular formula is C18H18F3N3OS. The van der Waals surface area contributed by atoms with E-state index in [4.69, 9.17) is 12.2 Å². The Morgan fingerprint density at radius 2 is 1.58 bits per heavy atom. The summed E-state index contributed by atoms with van der Waals surface area (Å²) in [6.45, 7) is 0.168. The summed E-state index contributed by atoms with van der Waals surface area (Å²) in [6, 6.07) is 12.6. The number of hydrogen-bond donors (Lipinski definition) is 1. The molecule has 8 heteroatoms. The van der Waals surface area contributed by atoms with Crippen molar-refractivity contribution < 1.29 is 17.9 Å². The van der Waals surface area contributed by atoms with Crippen molar-refractivity contribution >= 4 is 28.7 Å². The molecule has 3 rings (SSSR count). The number of benzene rings is 2. The molecule has 0 amide bonds. The van der Waals surface area contributed by atoms with Crippen LogP contribution in [0.2, 0.25) is 0 Å². The van der Waals surface area contributed by atoms with Crippen LogP contribution < -0.4 is 15.0 Å². The molecule has 1 N–H and O–H groups in total. The number of thiocarbonyl (C=S) groups is 1. The molecule has 0 radical (unpaired) electrons. The first kappa shape index (κ1) is 18.3. The Morgan fingerprint density at radius 3 is 2.15 bits per heavy atom. The van der Waals surface area contributed by atoms with E-state index >= 15 is 0 Å². The van der Waals surface area contributed by atoms with E-state index in [-0.39, 0.29) is 11.6 Å². The SMILES string of the molecule is Fc1ccc(N2CCN(C(=S)Nc3ccc(OC(F)F)cc3)CC2)cc1. The summed E-state index contributed by atoms with van der Waals surface area (Å²) in [6.07, 6.45) is 0. The standard InChI is InChI=1S/C18H18F3N3OS/c19-13-1-5-15(6-2-13)23-9-11-24(12-10-23)18(26)22-14-3-7-16(8-4-14)25-17(20)21/h1-8,17H,9-12H2,(H,22,26). The fourth-order valence-corrected chi connectivity index (χ4v) is 3.04. The molecule has 0 spiro atoms. The quantitative estimate of drug-likeness (QED) is 0.810. The Kier molecular flexibility index (Phi) is 5.82. The van der Waals surface area contributed by atoms with Gasteiger partial charge in [-0.25, -0.2) is 4.39 Å². The normalized spacial score (nSPS) is 14.5. The molecule has 0 bridgehead atoms. The van der Waals surface area contributed by atoms with Gasteiger partial charge in [-0.15, -0.1) is 0 Å². The number of halogens is 3. The van der Waals surface area contributed by atoms with Gasteiger partial charge < -0.3 is 19.9 Å². The topological polar surface area (TPSA) is 27.7 Å². The van der Waals surface area contributed by atoms with E-state index in [1.165, 1.54) is 24.3 Å². The summed E-state index contributed by atoms with van der Waals surface area (Å²) in [7, 11) is 0. The third kappa shape index (κ3) is 4.78. The first-order chi connectivity index (χ1) is 12.5. The summed E-state index contributed by atoms with van der Waals surface area (Å²) in [5, 5.41) is 3.68. The van der Waals surface area contributed by atoms with E-state index in [0.717, 1.165) is 31.9 Å². The van der Waals surface area contributed by atoms with Gasteiger partial charge in [0.2, 0.25) is 0 Å². The van der Waals surface area contributed by atoms with Crippen molar-refractivity contribution in [3.8, 4) is 5.75 Å². The van der Waals surface area contributed by atoms with Crippen molar-refractivity contribution in [2.75, 3.05) is 36.4 Å². The van der Waals surface area contributed by atoms with Crippen molar-refractivity contribution in [3.05, 3.63) is 54.3 Å². The average molecular weight is 381 g/mol. The third-order valence-electron chi connectivity index (χ3n) is 4.09. The lowest BCUT2D eigenvalue weighted by atomic mass is 10.2. The zero-order chi connectivity index (χ0) is 18.5. The molecule has 2 aromatic carbocycles. The summed E-state index contributed by atoms with van der Waals surface area (Å²) in [5.74, 6) is -0.146. The van der Waals surface area contributed by atoms with Gasteiger partial charge in [-0.05, 0) is 60.7 Å². The molecule has 1 heterocycles. The van der Waals surface area contributed by atoms with Crippen LogP contribution in [0, 0.1) is 5.82 Å². The highest BCUT2D eigenvalue weighted by atomic mass is 32.1. The van der Waals surface area contributed by atoms with Crippen LogP contribution in [0.25, 0.3) is 0 Å². The molecule has 4 nitrogen and oxygen atoms in total. The molecule has 1 saturated heterocycles. The lowest BCUT2D eigenvalue weighted by Crippen LogP contribution is -2.50. The lowest BCUT2D eigenvalue weighted by Gasteiger charge is -2.37. The second-order valence-corrected chi connectivity index (χ2v) is 6.17. The molecule has 0 unspecified atom stereocenters. The fourth-order valence-electron chi connectivity index (χ4n) is 2.74. The Bertz CT molecular complexity index is 732. The summed E-state index contributed by atoms with van der Waals surface area (Å²) < 4.78 is 41.7. The Labute approximate surface area is 155 Å². The number of nitrogens with one attached hydrogen (secondary N) is 1. The highest BCUT2D eigenvalue weighted by Crippen LogP contribution is 2.20. The predicted octanol–water partition coefficient (Wildman–Crippen LogP) is 3.95. The van der Waals surface area contributed by atoms with Crippen LogP contribution in [-0.2, 0) is 0 Å². The molecular weight excluding hydrogens is 363 g/mol. The van der Waals surface area contributed by atoms with Crippen LogP contribution in [0.3, 0.4) is 0 Å². The number of alkyl halides is 2. The summed E-state index contributed by atoms with van der Waals surface area (Å²) in [5.41, 5.74) is 1.69. The summed E-state index contributed by atoms with van der Waals surface area (Å²) in [4.78, 5) is 4.22. The maximum absolute atomic E-state index is 13.0. The molecule has 138 valence electrons. The zero-order valence-electron chi connectivity index (χ0n) is 13.9. The first-order valence-electron chi connectivity index (χ1n) is 8.12. The van der Waals surface area contributed by atoms with E-state index in [0.29, 0.717) is 10.8 Å². The number of rotatable bonds is 4. The largest absolute Gasteiger partial charge is 0.435 e. The highest BCUT2D eigenvalue weighted by Gasteiger charge is 2.19. The molecule has 0 aliphatic carbocycles. The Morgan fingerprint density at radius 1 is 0.962 bits per heavy atom. The second-order valence-electron chi connectivity index (χ2n) is 5.78. The smallest absolute Gasteiger partial charge is 0.387 e. The second kappa shape index (κ2) is 8.27. The van der Waals surface area contributed by atoms with Crippen molar-refractivity contribution in [2.45, 2.75) is 6.61 Å².